The smallest absolute Gasteiger partial charge is 0.0951 e. The molecule has 2 N–H and O–H groups in total. The molecule has 0 bridgehead atoms. The molecule has 1 aliphatic rings. The molecule has 0 amide bonds. The van der Waals surface area contributed by atoms with Gasteiger partial charge in [0, 0.05) is 18.8 Å². The maximum Gasteiger partial charge on any atom is 0.0951 e. The number of aromatic nitrogens is 2. The molecule has 3 nitrogen and oxygen atoms in total. The van der Waals surface area contributed by atoms with E-state index in [1.54, 1.807) is 0 Å². The molecule has 0 saturated heterocycles. The van der Waals surface area contributed by atoms with Gasteiger partial charge in [-0.2, -0.15) is 0 Å². The largest absolute Gasteiger partial charge is 0.330 e. The van der Waals surface area contributed by atoms with Crippen molar-refractivity contribution in [3.05, 3.63) is 18.2 Å². The summed E-state index contributed by atoms with van der Waals surface area (Å²) >= 11 is 0. The number of imidazole rings is 1. The van der Waals surface area contributed by atoms with Crippen LogP contribution in [-0.4, -0.2) is 9.55 Å². The molecule has 0 unspecified atom stereocenters. The normalized spacial score (nSPS) is 19.5. The molecule has 1 aromatic rings. The molecule has 1 aromatic heterocycles. The van der Waals surface area contributed by atoms with E-state index in [4.69, 9.17) is 5.73 Å². The van der Waals surface area contributed by atoms with E-state index in [1.807, 2.05) is 12.5 Å². The van der Waals surface area contributed by atoms with Crippen LogP contribution in [0, 0.1) is 0 Å². The van der Waals surface area contributed by atoms with Gasteiger partial charge in [-0.25, -0.2) is 4.98 Å². The summed E-state index contributed by atoms with van der Waals surface area (Å²) in [5, 5.41) is 0. The van der Waals surface area contributed by atoms with Gasteiger partial charge in [0.15, 0.2) is 0 Å². The number of rotatable bonds is 2. The van der Waals surface area contributed by atoms with Crippen molar-refractivity contribution in [1.29, 1.82) is 0 Å². The highest BCUT2D eigenvalue weighted by atomic mass is 15.1. The molecule has 1 saturated carbocycles. The molecule has 78 valence electrons. The lowest BCUT2D eigenvalue weighted by Crippen LogP contribution is -2.12. The summed E-state index contributed by atoms with van der Waals surface area (Å²) in [5.74, 6) is 0. The van der Waals surface area contributed by atoms with E-state index >= 15 is 0 Å². The van der Waals surface area contributed by atoms with E-state index in [-0.39, 0.29) is 0 Å². The third kappa shape index (κ3) is 1.98. The first-order valence-corrected chi connectivity index (χ1v) is 5.62. The molecule has 0 aliphatic heterocycles. The first-order chi connectivity index (χ1) is 6.92. The van der Waals surface area contributed by atoms with Gasteiger partial charge in [-0.3, -0.25) is 0 Å². The minimum absolute atomic E-state index is 0.608. The van der Waals surface area contributed by atoms with Gasteiger partial charge in [0.2, 0.25) is 0 Å². The van der Waals surface area contributed by atoms with Crippen LogP contribution in [0.15, 0.2) is 12.5 Å². The fraction of sp³-hybridized carbons (Fsp3) is 0.727. The molecule has 0 atom stereocenters. The molecule has 1 heterocycles. The first-order valence-electron chi connectivity index (χ1n) is 5.62. The van der Waals surface area contributed by atoms with Crippen molar-refractivity contribution in [2.24, 2.45) is 5.73 Å². The van der Waals surface area contributed by atoms with Crippen molar-refractivity contribution in [1.82, 2.24) is 9.55 Å². The average Bonchev–Trinajstić information content (AvgIpc) is 2.52. The summed E-state index contributed by atoms with van der Waals surface area (Å²) < 4.78 is 2.28. The Morgan fingerprint density at radius 3 is 2.64 bits per heavy atom. The lowest BCUT2D eigenvalue weighted by atomic mass is 10.1. The van der Waals surface area contributed by atoms with Crippen molar-refractivity contribution in [2.75, 3.05) is 0 Å². The van der Waals surface area contributed by atoms with E-state index in [0.717, 1.165) is 0 Å². The molecule has 0 radical (unpaired) electrons. The van der Waals surface area contributed by atoms with Crippen LogP contribution in [0.3, 0.4) is 0 Å². The molecule has 2 rings (SSSR count). The fourth-order valence-corrected chi connectivity index (χ4v) is 2.35. The number of hydrogen-bond acceptors (Lipinski definition) is 2. The van der Waals surface area contributed by atoms with Gasteiger partial charge in [0.25, 0.3) is 0 Å². The first kappa shape index (κ1) is 9.71. The molecule has 14 heavy (non-hydrogen) atoms. The van der Waals surface area contributed by atoms with Crippen LogP contribution in [0.25, 0.3) is 0 Å². The highest BCUT2D eigenvalue weighted by Gasteiger charge is 2.15. The fourth-order valence-electron chi connectivity index (χ4n) is 2.35. The van der Waals surface area contributed by atoms with Gasteiger partial charge in [0.1, 0.15) is 0 Å². The Morgan fingerprint density at radius 1 is 1.29 bits per heavy atom. The van der Waals surface area contributed by atoms with Gasteiger partial charge in [0.05, 0.1) is 12.0 Å². The Kier molecular flexibility index (Phi) is 3.19. The van der Waals surface area contributed by atoms with Crippen molar-refractivity contribution >= 4 is 0 Å². The summed E-state index contributed by atoms with van der Waals surface area (Å²) in [6.45, 7) is 0.608. The second-order valence-electron chi connectivity index (χ2n) is 4.14. The average molecular weight is 193 g/mol. The SMILES string of the molecule is NCc1cncn1C1CCCCCC1. The van der Waals surface area contributed by atoms with Crippen molar-refractivity contribution < 1.29 is 0 Å². The van der Waals surface area contributed by atoms with Crippen molar-refractivity contribution in [3.8, 4) is 0 Å². The molecule has 0 spiro atoms. The van der Waals surface area contributed by atoms with E-state index in [9.17, 15) is 0 Å². The van der Waals surface area contributed by atoms with Crippen LogP contribution < -0.4 is 5.73 Å². The van der Waals surface area contributed by atoms with E-state index < -0.39 is 0 Å². The summed E-state index contributed by atoms with van der Waals surface area (Å²) in [7, 11) is 0. The molecule has 1 aliphatic carbocycles. The van der Waals surface area contributed by atoms with Crippen LogP contribution in [0.1, 0.15) is 50.3 Å². The zero-order valence-corrected chi connectivity index (χ0v) is 8.65. The van der Waals surface area contributed by atoms with Crippen molar-refractivity contribution in [3.63, 3.8) is 0 Å². The van der Waals surface area contributed by atoms with Crippen LogP contribution in [0.5, 0.6) is 0 Å². The highest BCUT2D eigenvalue weighted by molar-refractivity contribution is 4.99. The quantitative estimate of drug-likeness (QED) is 0.732. The predicted molar refractivity (Wildman–Crippen MR) is 56.9 cm³/mol. The Balaban J connectivity index is 2.11. The Labute approximate surface area is 85.3 Å². The summed E-state index contributed by atoms with van der Waals surface area (Å²) in [4.78, 5) is 4.18. The molecular weight excluding hydrogens is 174 g/mol. The molecular formula is C11H19N3. The van der Waals surface area contributed by atoms with Crippen LogP contribution >= 0.6 is 0 Å². The van der Waals surface area contributed by atoms with Gasteiger partial charge >= 0.3 is 0 Å². The Hall–Kier alpha value is -0.830. The monoisotopic (exact) mass is 193 g/mol. The third-order valence-electron chi connectivity index (χ3n) is 3.17. The Morgan fingerprint density at radius 2 is 2.00 bits per heavy atom. The van der Waals surface area contributed by atoms with Crippen LogP contribution in [0.4, 0.5) is 0 Å². The van der Waals surface area contributed by atoms with Crippen molar-refractivity contribution in [2.45, 2.75) is 51.1 Å². The minimum Gasteiger partial charge on any atom is -0.330 e. The van der Waals surface area contributed by atoms with E-state index in [0.29, 0.717) is 12.6 Å². The van der Waals surface area contributed by atoms with Gasteiger partial charge in [-0.15, -0.1) is 0 Å². The van der Waals surface area contributed by atoms with Gasteiger partial charge < -0.3 is 10.3 Å². The number of hydrogen-bond donors (Lipinski definition) is 1. The van der Waals surface area contributed by atoms with Gasteiger partial charge in [-0.1, -0.05) is 25.7 Å². The second kappa shape index (κ2) is 4.60. The summed E-state index contributed by atoms with van der Waals surface area (Å²) in [5.41, 5.74) is 6.86. The standard InChI is InChI=1S/C11H19N3/c12-7-11-8-13-9-14(11)10-5-3-1-2-4-6-10/h8-10H,1-7,12H2. The summed E-state index contributed by atoms with van der Waals surface area (Å²) in [6.07, 6.45) is 11.9. The molecule has 3 heteroatoms. The topological polar surface area (TPSA) is 43.8 Å². The van der Waals surface area contributed by atoms with E-state index in [1.165, 1.54) is 44.2 Å². The van der Waals surface area contributed by atoms with Gasteiger partial charge in [-0.05, 0) is 12.8 Å². The number of nitrogens with two attached hydrogens (primary N) is 1. The van der Waals surface area contributed by atoms with Crippen LogP contribution in [-0.2, 0) is 6.54 Å². The lowest BCUT2D eigenvalue weighted by Gasteiger charge is -2.18. The predicted octanol–water partition coefficient (Wildman–Crippen LogP) is 2.24. The summed E-state index contributed by atoms with van der Waals surface area (Å²) in [6, 6.07) is 0.651. The zero-order valence-electron chi connectivity index (χ0n) is 8.65. The lowest BCUT2D eigenvalue weighted by molar-refractivity contribution is 0.432. The highest BCUT2D eigenvalue weighted by Crippen LogP contribution is 2.27. The van der Waals surface area contributed by atoms with Crippen LogP contribution in [0.2, 0.25) is 0 Å². The second-order valence-corrected chi connectivity index (χ2v) is 4.14. The molecule has 1 fully saturated rings. The maximum atomic E-state index is 5.68. The zero-order chi connectivity index (χ0) is 9.80. The maximum absolute atomic E-state index is 5.68. The van der Waals surface area contributed by atoms with E-state index in [2.05, 4.69) is 9.55 Å². The Bertz CT molecular complexity index is 272. The minimum atomic E-state index is 0.608. The number of nitrogens with zero attached hydrogens (tertiary/aromatic N) is 2. The third-order valence-corrected chi connectivity index (χ3v) is 3.17. The molecule has 0 aromatic carbocycles.